The van der Waals surface area contributed by atoms with Crippen molar-refractivity contribution in [2.45, 2.75) is 77.4 Å². The summed E-state index contributed by atoms with van der Waals surface area (Å²) in [5, 5.41) is 3.08. The fraction of sp³-hybridized carbons (Fsp3) is 0.514. The number of hydrogen-bond acceptors (Lipinski definition) is 4. The molecule has 2 aromatic rings. The van der Waals surface area contributed by atoms with Crippen LogP contribution in [0.2, 0.25) is 0 Å². The molecule has 2 aliphatic rings. The van der Waals surface area contributed by atoms with Gasteiger partial charge in [-0.05, 0) is 69.5 Å². The van der Waals surface area contributed by atoms with Crippen LogP contribution in [0.4, 0.5) is 0 Å². The molecule has 1 saturated carbocycles. The number of nitrogens with zero attached hydrogens (tertiary/aromatic N) is 3. The van der Waals surface area contributed by atoms with Crippen molar-refractivity contribution in [1.29, 1.82) is 0 Å². The fourth-order valence-corrected chi connectivity index (χ4v) is 5.98. The second-order valence-corrected chi connectivity index (χ2v) is 11.7. The zero-order valence-corrected chi connectivity index (χ0v) is 27.2. The number of rotatable bonds is 12. The van der Waals surface area contributed by atoms with Gasteiger partial charge in [-0.15, -0.1) is 0 Å². The van der Waals surface area contributed by atoms with Crippen LogP contribution in [0, 0.1) is 5.92 Å². The Labute approximate surface area is 261 Å². The maximum atomic E-state index is 12.7. The summed E-state index contributed by atoms with van der Waals surface area (Å²) in [5.74, 6) is 0.911. The predicted octanol–water partition coefficient (Wildman–Crippen LogP) is 6.34. The molecule has 6 heteroatoms. The summed E-state index contributed by atoms with van der Waals surface area (Å²) < 4.78 is 0. The van der Waals surface area contributed by atoms with Crippen molar-refractivity contribution in [1.82, 2.24) is 20.0 Å². The second-order valence-electron chi connectivity index (χ2n) is 11.7. The zero-order valence-electron chi connectivity index (χ0n) is 27.2. The van der Waals surface area contributed by atoms with Crippen LogP contribution in [0.25, 0.3) is 0 Å². The number of likely N-dealkylation sites (N-methyl/N-ethyl adjacent to an activating group) is 1. The van der Waals surface area contributed by atoms with Gasteiger partial charge in [0.15, 0.2) is 0 Å². The van der Waals surface area contributed by atoms with Crippen molar-refractivity contribution in [3.05, 3.63) is 96.6 Å². The molecule has 43 heavy (non-hydrogen) atoms. The van der Waals surface area contributed by atoms with Crippen LogP contribution in [0.3, 0.4) is 0 Å². The molecule has 236 valence electrons. The van der Waals surface area contributed by atoms with E-state index in [4.69, 9.17) is 0 Å². The molecule has 1 N–H and O–H groups in total. The van der Waals surface area contributed by atoms with Crippen LogP contribution >= 0.6 is 0 Å². The zero-order chi connectivity index (χ0) is 31.3. The Morgan fingerprint density at radius 2 is 1.60 bits per heavy atom. The largest absolute Gasteiger partial charge is 0.342 e. The van der Waals surface area contributed by atoms with Crippen molar-refractivity contribution >= 4 is 12.3 Å². The SMILES string of the molecule is C=C/C=C\C.CCCN(C=O)C1CCN(CC2CCC(N(C)C(=O)Cc3ccccc3)C2)CC1.CNCc1ccccc1. The van der Waals surface area contributed by atoms with Crippen molar-refractivity contribution in [3.8, 4) is 0 Å². The molecule has 0 aromatic heterocycles. The fourth-order valence-electron chi connectivity index (χ4n) is 5.98. The molecule has 0 spiro atoms. The van der Waals surface area contributed by atoms with Gasteiger partial charge in [-0.25, -0.2) is 0 Å². The lowest BCUT2D eigenvalue weighted by molar-refractivity contribution is -0.131. The number of carbonyl (C=O) groups excluding carboxylic acids is 2. The third-order valence-corrected chi connectivity index (χ3v) is 8.36. The lowest BCUT2D eigenvalue weighted by Gasteiger charge is -2.37. The summed E-state index contributed by atoms with van der Waals surface area (Å²) in [6.45, 7) is 12.7. The molecule has 2 fully saturated rings. The molecule has 0 radical (unpaired) electrons. The summed E-state index contributed by atoms with van der Waals surface area (Å²) >= 11 is 0. The Bertz CT molecular complexity index is 1050. The number of benzene rings is 2. The van der Waals surface area contributed by atoms with Gasteiger partial charge in [-0.2, -0.15) is 0 Å². The highest BCUT2D eigenvalue weighted by molar-refractivity contribution is 5.78. The minimum atomic E-state index is 0.229. The van der Waals surface area contributed by atoms with Gasteiger partial charge in [0.1, 0.15) is 0 Å². The van der Waals surface area contributed by atoms with E-state index in [1.807, 2.05) is 91.5 Å². The maximum absolute atomic E-state index is 12.7. The third kappa shape index (κ3) is 13.7. The van der Waals surface area contributed by atoms with E-state index in [-0.39, 0.29) is 5.91 Å². The van der Waals surface area contributed by atoms with Crippen LogP contribution in [0.1, 0.15) is 63.5 Å². The minimum absolute atomic E-state index is 0.229. The predicted molar refractivity (Wildman–Crippen MR) is 181 cm³/mol. The highest BCUT2D eigenvalue weighted by atomic mass is 16.2. The lowest BCUT2D eigenvalue weighted by atomic mass is 10.0. The van der Waals surface area contributed by atoms with Crippen molar-refractivity contribution in [2.24, 2.45) is 5.92 Å². The second kappa shape index (κ2) is 21.5. The Kier molecular flexibility index (Phi) is 18.0. The number of piperidine rings is 1. The van der Waals surface area contributed by atoms with E-state index in [1.165, 1.54) is 12.0 Å². The van der Waals surface area contributed by atoms with Crippen LogP contribution in [0.5, 0.6) is 0 Å². The smallest absolute Gasteiger partial charge is 0.226 e. The Hall–Kier alpha value is -3.22. The summed E-state index contributed by atoms with van der Waals surface area (Å²) in [6.07, 6.45) is 13.8. The van der Waals surface area contributed by atoms with E-state index in [9.17, 15) is 9.59 Å². The number of hydrogen-bond donors (Lipinski definition) is 1. The molecule has 2 aromatic carbocycles. The van der Waals surface area contributed by atoms with Crippen LogP contribution in [-0.2, 0) is 22.6 Å². The number of nitrogens with one attached hydrogen (secondary N) is 1. The molecule has 1 aliphatic heterocycles. The van der Waals surface area contributed by atoms with Gasteiger partial charge < -0.3 is 20.0 Å². The molecule has 1 saturated heterocycles. The van der Waals surface area contributed by atoms with E-state index in [0.717, 1.165) is 76.8 Å². The van der Waals surface area contributed by atoms with Gasteiger partial charge in [0.25, 0.3) is 0 Å². The first-order valence-corrected chi connectivity index (χ1v) is 16.1. The molecule has 0 bridgehead atoms. The molecule has 2 atom stereocenters. The average molecular weight is 589 g/mol. The molecule has 2 amide bonds. The van der Waals surface area contributed by atoms with Gasteiger partial charge in [0.2, 0.25) is 12.3 Å². The van der Waals surface area contributed by atoms with E-state index < -0.39 is 0 Å². The Morgan fingerprint density at radius 1 is 0.977 bits per heavy atom. The standard InChI is InChI=1S/C24H37N3O2.C8H11N.C5H8/c1-3-13-27(19-28)22-11-14-26(15-12-22)18-21-9-10-23(16-21)25(2)24(29)17-20-7-5-4-6-8-20;1-9-7-8-5-3-2-4-6-8;1-3-5-4-2/h4-8,19,21-23H,3,9-18H2,1-2H3;2-6,9H,7H2,1H3;3-5H,1H2,2H3/b;;5-4-. The van der Waals surface area contributed by atoms with Crippen molar-refractivity contribution < 1.29 is 9.59 Å². The van der Waals surface area contributed by atoms with Gasteiger partial charge in [-0.1, -0.05) is 92.4 Å². The number of carbonyl (C=O) groups is 2. The topological polar surface area (TPSA) is 55.9 Å². The highest BCUT2D eigenvalue weighted by Gasteiger charge is 2.32. The minimum Gasteiger partial charge on any atom is -0.342 e. The van der Waals surface area contributed by atoms with Crippen molar-refractivity contribution in [2.75, 3.05) is 40.3 Å². The molecule has 2 unspecified atom stereocenters. The van der Waals surface area contributed by atoms with E-state index >= 15 is 0 Å². The quantitative estimate of drug-likeness (QED) is 0.232. The van der Waals surface area contributed by atoms with Gasteiger partial charge >= 0.3 is 0 Å². The van der Waals surface area contributed by atoms with Crippen LogP contribution in [-0.4, -0.2) is 79.4 Å². The molecule has 6 nitrogen and oxygen atoms in total. The van der Waals surface area contributed by atoms with Crippen LogP contribution < -0.4 is 5.32 Å². The number of allylic oxidation sites excluding steroid dienone is 3. The Morgan fingerprint density at radius 3 is 2.12 bits per heavy atom. The first-order valence-electron chi connectivity index (χ1n) is 16.1. The van der Waals surface area contributed by atoms with Crippen molar-refractivity contribution in [3.63, 3.8) is 0 Å². The summed E-state index contributed by atoms with van der Waals surface area (Å²) in [4.78, 5) is 30.5. The first-order chi connectivity index (χ1) is 20.9. The third-order valence-electron chi connectivity index (χ3n) is 8.36. The molecular weight excluding hydrogens is 532 g/mol. The van der Waals surface area contributed by atoms with Gasteiger partial charge in [0, 0.05) is 51.9 Å². The summed E-state index contributed by atoms with van der Waals surface area (Å²) in [7, 11) is 3.93. The molecule has 1 heterocycles. The molecule has 1 aliphatic carbocycles. The normalized spacial score (nSPS) is 18.6. The highest BCUT2D eigenvalue weighted by Crippen LogP contribution is 2.31. The monoisotopic (exact) mass is 588 g/mol. The molecule has 4 rings (SSSR count). The van der Waals surface area contributed by atoms with Gasteiger partial charge in [0.05, 0.1) is 6.42 Å². The van der Waals surface area contributed by atoms with Crippen LogP contribution in [0.15, 0.2) is 85.5 Å². The van der Waals surface area contributed by atoms with E-state index in [1.54, 1.807) is 6.08 Å². The number of likely N-dealkylation sites (tertiary alicyclic amines) is 1. The Balaban J connectivity index is 0.000000379. The van der Waals surface area contributed by atoms with Gasteiger partial charge in [-0.3, -0.25) is 9.59 Å². The van der Waals surface area contributed by atoms with E-state index in [2.05, 4.69) is 35.9 Å². The number of amides is 2. The lowest BCUT2D eigenvalue weighted by Crippen LogP contribution is -2.45. The summed E-state index contributed by atoms with van der Waals surface area (Å²) in [6, 6.07) is 21.2. The molecular formula is C37H56N4O2. The maximum Gasteiger partial charge on any atom is 0.226 e. The first kappa shape index (κ1) is 36.0. The summed E-state index contributed by atoms with van der Waals surface area (Å²) in [5.41, 5.74) is 2.43. The van der Waals surface area contributed by atoms with E-state index in [0.29, 0.717) is 24.4 Å². The average Bonchev–Trinajstić information content (AvgIpc) is 3.50.